The second kappa shape index (κ2) is 5.34. The predicted molar refractivity (Wildman–Crippen MR) is 64.8 cm³/mol. The van der Waals surface area contributed by atoms with Crippen LogP contribution in [0, 0.1) is 0 Å². The third-order valence-electron chi connectivity index (χ3n) is 2.44. The fourth-order valence-electron chi connectivity index (χ4n) is 1.67. The fourth-order valence-corrected chi connectivity index (χ4v) is 1.67. The Bertz CT molecular complexity index is 458. The third kappa shape index (κ3) is 2.56. The molecule has 0 atom stereocenters. The molecular formula is C14H14O3. The van der Waals surface area contributed by atoms with E-state index in [0.29, 0.717) is 24.4 Å². The molecule has 88 valence electrons. The Morgan fingerprint density at radius 2 is 2.12 bits per heavy atom. The molecule has 0 bridgehead atoms. The molecule has 0 radical (unpaired) electrons. The largest absolute Gasteiger partial charge is 0.464 e. The smallest absolute Gasteiger partial charge is 0.338 e. The van der Waals surface area contributed by atoms with E-state index in [9.17, 15) is 4.79 Å². The van der Waals surface area contributed by atoms with Crippen molar-refractivity contribution in [3.8, 4) is 0 Å². The number of allylic oxidation sites excluding steroid dienone is 1. The van der Waals surface area contributed by atoms with Gasteiger partial charge in [0.2, 0.25) is 0 Å². The Balaban J connectivity index is 2.35. The van der Waals surface area contributed by atoms with Crippen LogP contribution in [0.2, 0.25) is 0 Å². The van der Waals surface area contributed by atoms with E-state index in [2.05, 4.69) is 0 Å². The summed E-state index contributed by atoms with van der Waals surface area (Å²) in [5.74, 6) is 0.280. The van der Waals surface area contributed by atoms with Gasteiger partial charge >= 0.3 is 5.97 Å². The van der Waals surface area contributed by atoms with Crippen LogP contribution in [0.15, 0.2) is 48.2 Å². The van der Waals surface area contributed by atoms with Gasteiger partial charge in [-0.25, -0.2) is 4.79 Å². The van der Waals surface area contributed by atoms with Crippen LogP contribution in [-0.2, 0) is 14.3 Å². The van der Waals surface area contributed by atoms with Crippen LogP contribution in [0.4, 0.5) is 0 Å². The summed E-state index contributed by atoms with van der Waals surface area (Å²) in [6.07, 6.45) is 3.95. The number of benzene rings is 1. The zero-order valence-electron chi connectivity index (χ0n) is 9.68. The lowest BCUT2D eigenvalue weighted by atomic mass is 10.0. The van der Waals surface area contributed by atoms with Crippen LogP contribution in [0.25, 0.3) is 5.76 Å². The summed E-state index contributed by atoms with van der Waals surface area (Å²) in [6.45, 7) is 2.16. The second-order valence-electron chi connectivity index (χ2n) is 3.59. The second-order valence-corrected chi connectivity index (χ2v) is 3.59. The van der Waals surface area contributed by atoms with E-state index >= 15 is 0 Å². The first-order valence-electron chi connectivity index (χ1n) is 5.60. The molecule has 1 heterocycles. The zero-order valence-corrected chi connectivity index (χ0v) is 9.68. The first-order valence-corrected chi connectivity index (χ1v) is 5.60. The Kier molecular flexibility index (Phi) is 3.60. The first-order chi connectivity index (χ1) is 8.33. The molecule has 0 aliphatic carbocycles. The molecule has 0 amide bonds. The molecule has 0 N–H and O–H groups in total. The van der Waals surface area contributed by atoms with E-state index in [1.54, 1.807) is 19.3 Å². The molecule has 0 unspecified atom stereocenters. The van der Waals surface area contributed by atoms with Crippen LogP contribution in [0.1, 0.15) is 18.9 Å². The highest BCUT2D eigenvalue weighted by atomic mass is 16.5. The molecule has 1 aliphatic heterocycles. The lowest BCUT2D eigenvalue weighted by molar-refractivity contribution is -0.138. The lowest BCUT2D eigenvalue weighted by Gasteiger charge is -2.16. The minimum Gasteiger partial charge on any atom is -0.464 e. The maximum atomic E-state index is 11.8. The molecule has 1 aliphatic rings. The number of carbonyl (C=O) groups excluding carboxylic acids is 1. The topological polar surface area (TPSA) is 35.5 Å². The average Bonchev–Trinajstić information content (AvgIpc) is 2.40. The van der Waals surface area contributed by atoms with Gasteiger partial charge in [-0.1, -0.05) is 30.3 Å². The molecule has 0 aromatic heterocycles. The molecule has 3 nitrogen and oxygen atoms in total. The molecule has 0 fully saturated rings. The van der Waals surface area contributed by atoms with E-state index in [-0.39, 0.29) is 5.97 Å². The number of esters is 1. The molecule has 3 heteroatoms. The van der Waals surface area contributed by atoms with Crippen LogP contribution in [0.5, 0.6) is 0 Å². The van der Waals surface area contributed by atoms with Crippen molar-refractivity contribution in [3.05, 3.63) is 53.8 Å². The number of carbonyl (C=O) groups is 1. The Morgan fingerprint density at radius 3 is 2.82 bits per heavy atom. The van der Waals surface area contributed by atoms with E-state index in [4.69, 9.17) is 9.47 Å². The molecule has 17 heavy (non-hydrogen) atoms. The third-order valence-corrected chi connectivity index (χ3v) is 2.44. The van der Waals surface area contributed by atoms with Crippen LogP contribution < -0.4 is 0 Å². The number of ether oxygens (including phenoxy) is 2. The summed E-state index contributed by atoms with van der Waals surface area (Å²) >= 11 is 0. The van der Waals surface area contributed by atoms with Gasteiger partial charge in [-0.3, -0.25) is 0 Å². The van der Waals surface area contributed by atoms with Crippen molar-refractivity contribution in [2.45, 2.75) is 13.3 Å². The highest BCUT2D eigenvalue weighted by molar-refractivity contribution is 5.96. The van der Waals surface area contributed by atoms with E-state index in [0.717, 1.165) is 5.56 Å². The van der Waals surface area contributed by atoms with E-state index in [1.807, 2.05) is 30.3 Å². The zero-order chi connectivity index (χ0) is 12.1. The molecule has 0 spiro atoms. The van der Waals surface area contributed by atoms with Crippen LogP contribution in [-0.4, -0.2) is 12.6 Å². The average molecular weight is 230 g/mol. The van der Waals surface area contributed by atoms with E-state index < -0.39 is 0 Å². The minimum atomic E-state index is -0.310. The number of hydrogen-bond acceptors (Lipinski definition) is 3. The molecule has 0 saturated carbocycles. The Hall–Kier alpha value is -2.03. The summed E-state index contributed by atoms with van der Waals surface area (Å²) in [4.78, 5) is 11.8. The molecule has 2 rings (SSSR count). The van der Waals surface area contributed by atoms with Gasteiger partial charge in [0.05, 0.1) is 18.4 Å². The standard InChI is InChI=1S/C14H14O3/c1-2-16-14(15)12-9-6-10-17-13(12)11-7-4-3-5-8-11/h3-8,10H,2,9H2,1H3. The number of hydrogen-bond donors (Lipinski definition) is 0. The fraction of sp³-hybridized carbons (Fsp3) is 0.214. The van der Waals surface area contributed by atoms with Gasteiger partial charge < -0.3 is 9.47 Å². The van der Waals surface area contributed by atoms with Crippen molar-refractivity contribution in [2.75, 3.05) is 6.61 Å². The van der Waals surface area contributed by atoms with Gasteiger partial charge in [0.15, 0.2) is 0 Å². The van der Waals surface area contributed by atoms with Crippen molar-refractivity contribution in [1.82, 2.24) is 0 Å². The highest BCUT2D eigenvalue weighted by Gasteiger charge is 2.20. The van der Waals surface area contributed by atoms with Gasteiger partial charge in [-0.2, -0.15) is 0 Å². The molecule has 1 aromatic carbocycles. The molecular weight excluding hydrogens is 216 g/mol. The summed E-state index contributed by atoms with van der Waals surface area (Å²) in [7, 11) is 0. The van der Waals surface area contributed by atoms with Crippen LogP contribution >= 0.6 is 0 Å². The van der Waals surface area contributed by atoms with Gasteiger partial charge in [-0.15, -0.1) is 0 Å². The number of rotatable bonds is 3. The normalized spacial score (nSPS) is 14.4. The van der Waals surface area contributed by atoms with Gasteiger partial charge in [0.25, 0.3) is 0 Å². The van der Waals surface area contributed by atoms with Crippen molar-refractivity contribution in [2.24, 2.45) is 0 Å². The highest BCUT2D eigenvalue weighted by Crippen LogP contribution is 2.27. The van der Waals surface area contributed by atoms with Gasteiger partial charge in [0.1, 0.15) is 5.76 Å². The summed E-state index contributed by atoms with van der Waals surface area (Å²) in [5, 5.41) is 0. The molecule has 0 saturated heterocycles. The first kappa shape index (κ1) is 11.5. The maximum Gasteiger partial charge on any atom is 0.338 e. The SMILES string of the molecule is CCOC(=O)C1=C(c2ccccc2)OC=CC1. The van der Waals surface area contributed by atoms with Crippen LogP contribution in [0.3, 0.4) is 0 Å². The summed E-state index contributed by atoms with van der Waals surface area (Å²) < 4.78 is 10.5. The summed E-state index contributed by atoms with van der Waals surface area (Å²) in [6, 6.07) is 9.56. The Labute approximate surface area is 100 Å². The Morgan fingerprint density at radius 1 is 1.35 bits per heavy atom. The quantitative estimate of drug-likeness (QED) is 0.749. The van der Waals surface area contributed by atoms with Gasteiger partial charge in [-0.05, 0) is 13.0 Å². The molecule has 1 aromatic rings. The predicted octanol–water partition coefficient (Wildman–Crippen LogP) is 2.89. The summed E-state index contributed by atoms with van der Waals surface area (Å²) in [5.41, 5.74) is 1.46. The monoisotopic (exact) mass is 230 g/mol. The maximum absolute atomic E-state index is 11.8. The van der Waals surface area contributed by atoms with E-state index in [1.165, 1.54) is 0 Å². The van der Waals surface area contributed by atoms with Crippen molar-refractivity contribution in [1.29, 1.82) is 0 Å². The lowest BCUT2D eigenvalue weighted by Crippen LogP contribution is -2.12. The minimum absolute atomic E-state index is 0.310. The van der Waals surface area contributed by atoms with Crippen molar-refractivity contribution >= 4 is 11.7 Å². The van der Waals surface area contributed by atoms with Gasteiger partial charge in [0, 0.05) is 12.0 Å². The van der Waals surface area contributed by atoms with Crippen molar-refractivity contribution < 1.29 is 14.3 Å². The van der Waals surface area contributed by atoms with Crippen molar-refractivity contribution in [3.63, 3.8) is 0 Å².